The smallest absolute Gasteiger partial charge is 0.0547 e. The summed E-state index contributed by atoms with van der Waals surface area (Å²) in [5, 5.41) is 8.55. The summed E-state index contributed by atoms with van der Waals surface area (Å²) in [6.45, 7) is 5.46. The number of ether oxygens (including phenoxy) is 1. The Labute approximate surface area is 75.9 Å². The molecule has 2 heteroatoms. The van der Waals surface area contributed by atoms with Crippen LogP contribution in [0.5, 0.6) is 0 Å². The summed E-state index contributed by atoms with van der Waals surface area (Å²) >= 11 is 0. The highest BCUT2D eigenvalue weighted by Gasteiger charge is 2.00. The van der Waals surface area contributed by atoms with Crippen molar-refractivity contribution in [3.8, 4) is 0 Å². The van der Waals surface area contributed by atoms with Gasteiger partial charge in [0.2, 0.25) is 0 Å². The third kappa shape index (κ3) is 8.02. The van der Waals surface area contributed by atoms with Crippen LogP contribution in [0.2, 0.25) is 0 Å². The number of hydrogen-bond acceptors (Lipinski definition) is 2. The van der Waals surface area contributed by atoms with Crippen LogP contribution in [0, 0.1) is 0 Å². The van der Waals surface area contributed by atoms with Gasteiger partial charge >= 0.3 is 0 Å². The van der Waals surface area contributed by atoms with Crippen molar-refractivity contribution in [1.29, 1.82) is 0 Å². The Kier molecular flexibility index (Phi) is 8.95. The van der Waals surface area contributed by atoms with Crippen LogP contribution in [0.15, 0.2) is 0 Å². The van der Waals surface area contributed by atoms with E-state index in [0.717, 1.165) is 32.3 Å². The molecule has 0 aromatic carbocycles. The van der Waals surface area contributed by atoms with Crippen LogP contribution in [0.4, 0.5) is 0 Å². The Morgan fingerprint density at radius 2 is 2.00 bits per heavy atom. The van der Waals surface area contributed by atoms with E-state index in [9.17, 15) is 0 Å². The minimum atomic E-state index is 0.307. The van der Waals surface area contributed by atoms with Crippen molar-refractivity contribution >= 4 is 0 Å². The van der Waals surface area contributed by atoms with Crippen LogP contribution in [0.3, 0.4) is 0 Å². The van der Waals surface area contributed by atoms with E-state index >= 15 is 0 Å². The molecule has 0 aliphatic heterocycles. The first-order valence-corrected chi connectivity index (χ1v) is 5.03. The van der Waals surface area contributed by atoms with Gasteiger partial charge in [0, 0.05) is 13.2 Å². The van der Waals surface area contributed by atoms with Crippen molar-refractivity contribution in [1.82, 2.24) is 0 Å². The van der Waals surface area contributed by atoms with Crippen molar-refractivity contribution in [2.45, 2.75) is 52.1 Å². The van der Waals surface area contributed by atoms with Crippen molar-refractivity contribution in [3.05, 3.63) is 0 Å². The summed E-state index contributed by atoms with van der Waals surface area (Å²) in [6, 6.07) is 0. The van der Waals surface area contributed by atoms with E-state index < -0.39 is 0 Å². The average Bonchev–Trinajstić information content (AvgIpc) is 2.06. The van der Waals surface area contributed by atoms with E-state index in [-0.39, 0.29) is 0 Å². The maximum absolute atomic E-state index is 8.55. The first kappa shape index (κ1) is 11.9. The summed E-state index contributed by atoms with van der Waals surface area (Å²) in [5.74, 6) is 0. The van der Waals surface area contributed by atoms with Crippen LogP contribution in [-0.4, -0.2) is 24.4 Å². The third-order valence-electron chi connectivity index (χ3n) is 1.92. The standard InChI is InChI=1S/C10H22O2/c1-3-4-9-12-10(2)7-5-6-8-11/h10-11H,3-9H2,1-2H3. The highest BCUT2D eigenvalue weighted by atomic mass is 16.5. The van der Waals surface area contributed by atoms with Gasteiger partial charge in [-0.1, -0.05) is 13.3 Å². The van der Waals surface area contributed by atoms with Crippen LogP contribution in [0.1, 0.15) is 46.0 Å². The van der Waals surface area contributed by atoms with Gasteiger partial charge in [-0.25, -0.2) is 0 Å². The number of hydrogen-bond donors (Lipinski definition) is 1. The van der Waals surface area contributed by atoms with Gasteiger partial charge in [0.05, 0.1) is 6.10 Å². The summed E-state index contributed by atoms with van der Waals surface area (Å²) in [5.41, 5.74) is 0. The molecule has 0 spiro atoms. The molecular weight excluding hydrogens is 152 g/mol. The number of aliphatic hydroxyl groups excluding tert-OH is 1. The molecule has 0 saturated carbocycles. The zero-order valence-electron chi connectivity index (χ0n) is 8.38. The molecule has 0 aliphatic carbocycles. The predicted octanol–water partition coefficient (Wildman–Crippen LogP) is 2.35. The lowest BCUT2D eigenvalue weighted by atomic mass is 10.2. The fraction of sp³-hybridized carbons (Fsp3) is 1.00. The molecule has 0 radical (unpaired) electrons. The number of unbranched alkanes of at least 4 members (excludes halogenated alkanes) is 2. The molecule has 1 unspecified atom stereocenters. The van der Waals surface area contributed by atoms with E-state index in [2.05, 4.69) is 13.8 Å². The maximum atomic E-state index is 8.55. The first-order valence-electron chi connectivity index (χ1n) is 5.03. The topological polar surface area (TPSA) is 29.5 Å². The van der Waals surface area contributed by atoms with Crippen molar-refractivity contribution in [2.75, 3.05) is 13.2 Å². The van der Waals surface area contributed by atoms with E-state index in [0.29, 0.717) is 12.7 Å². The SMILES string of the molecule is CCCCOC(C)CCCCO. The lowest BCUT2D eigenvalue weighted by Crippen LogP contribution is -2.09. The maximum Gasteiger partial charge on any atom is 0.0547 e. The molecule has 0 fully saturated rings. The van der Waals surface area contributed by atoms with E-state index in [1.54, 1.807) is 0 Å². The Bertz CT molecular complexity index is 73.9. The highest BCUT2D eigenvalue weighted by Crippen LogP contribution is 2.04. The Morgan fingerprint density at radius 3 is 2.58 bits per heavy atom. The molecule has 74 valence electrons. The molecule has 0 aliphatic rings. The highest BCUT2D eigenvalue weighted by molar-refractivity contribution is 4.50. The normalized spacial score (nSPS) is 13.2. The minimum absolute atomic E-state index is 0.307. The van der Waals surface area contributed by atoms with Crippen LogP contribution in [0.25, 0.3) is 0 Å². The average molecular weight is 174 g/mol. The predicted molar refractivity (Wildman–Crippen MR) is 51.3 cm³/mol. The summed E-state index contributed by atoms with van der Waals surface area (Å²) in [7, 11) is 0. The van der Waals surface area contributed by atoms with Crippen LogP contribution >= 0.6 is 0 Å². The van der Waals surface area contributed by atoms with Crippen molar-refractivity contribution in [3.63, 3.8) is 0 Å². The van der Waals surface area contributed by atoms with Gasteiger partial charge in [0.1, 0.15) is 0 Å². The molecule has 0 heterocycles. The second-order valence-electron chi connectivity index (χ2n) is 3.25. The lowest BCUT2D eigenvalue weighted by Gasteiger charge is -2.11. The van der Waals surface area contributed by atoms with E-state index in [1.807, 2.05) is 0 Å². The molecule has 0 aromatic heterocycles. The van der Waals surface area contributed by atoms with Gasteiger partial charge in [-0.05, 0) is 32.6 Å². The second kappa shape index (κ2) is 9.01. The van der Waals surface area contributed by atoms with Crippen LogP contribution in [-0.2, 0) is 4.74 Å². The van der Waals surface area contributed by atoms with Gasteiger partial charge < -0.3 is 9.84 Å². The largest absolute Gasteiger partial charge is 0.396 e. The van der Waals surface area contributed by atoms with Gasteiger partial charge in [-0.2, -0.15) is 0 Å². The summed E-state index contributed by atoms with van der Waals surface area (Å²) in [4.78, 5) is 0. The molecule has 0 saturated heterocycles. The van der Waals surface area contributed by atoms with Crippen LogP contribution < -0.4 is 0 Å². The number of rotatable bonds is 8. The van der Waals surface area contributed by atoms with E-state index in [4.69, 9.17) is 9.84 Å². The zero-order chi connectivity index (χ0) is 9.23. The molecule has 0 rings (SSSR count). The summed E-state index contributed by atoms with van der Waals surface area (Å²) in [6.07, 6.45) is 5.77. The van der Waals surface area contributed by atoms with Crippen molar-refractivity contribution < 1.29 is 9.84 Å². The summed E-state index contributed by atoms with van der Waals surface area (Å²) < 4.78 is 5.55. The Hall–Kier alpha value is -0.0800. The molecule has 12 heavy (non-hydrogen) atoms. The minimum Gasteiger partial charge on any atom is -0.396 e. The molecule has 2 nitrogen and oxygen atoms in total. The molecular formula is C10H22O2. The zero-order valence-corrected chi connectivity index (χ0v) is 8.38. The van der Waals surface area contributed by atoms with Gasteiger partial charge in [-0.3, -0.25) is 0 Å². The fourth-order valence-electron chi connectivity index (χ4n) is 1.06. The van der Waals surface area contributed by atoms with Gasteiger partial charge in [0.25, 0.3) is 0 Å². The van der Waals surface area contributed by atoms with E-state index in [1.165, 1.54) is 6.42 Å². The van der Waals surface area contributed by atoms with Crippen molar-refractivity contribution in [2.24, 2.45) is 0 Å². The monoisotopic (exact) mass is 174 g/mol. The Morgan fingerprint density at radius 1 is 1.25 bits per heavy atom. The second-order valence-corrected chi connectivity index (χ2v) is 3.25. The molecule has 0 aromatic rings. The fourth-order valence-corrected chi connectivity index (χ4v) is 1.06. The molecule has 0 amide bonds. The number of aliphatic hydroxyl groups is 1. The lowest BCUT2D eigenvalue weighted by molar-refractivity contribution is 0.0558. The van der Waals surface area contributed by atoms with Gasteiger partial charge in [-0.15, -0.1) is 0 Å². The molecule has 1 atom stereocenters. The quantitative estimate of drug-likeness (QED) is 0.572. The Balaban J connectivity index is 3.04. The molecule has 0 bridgehead atoms. The molecule has 1 N–H and O–H groups in total. The van der Waals surface area contributed by atoms with Gasteiger partial charge in [0.15, 0.2) is 0 Å². The first-order chi connectivity index (χ1) is 5.81. The third-order valence-corrected chi connectivity index (χ3v) is 1.92.